The number of aromatic nitrogens is 2. The number of para-hydroxylation sites is 2. The van der Waals surface area contributed by atoms with Gasteiger partial charge in [0.25, 0.3) is 5.91 Å². The highest BCUT2D eigenvalue weighted by Crippen LogP contribution is 2.37. The van der Waals surface area contributed by atoms with Gasteiger partial charge in [-0.15, -0.1) is 5.10 Å². The number of amidine groups is 1. The van der Waals surface area contributed by atoms with Crippen LogP contribution in [0.1, 0.15) is 30.8 Å². The molecule has 0 unspecified atom stereocenters. The van der Waals surface area contributed by atoms with Crippen LogP contribution in [0.15, 0.2) is 64.7 Å². The number of fused-ring (bicyclic) bond motifs is 2. The SMILES string of the molecule is CCCSC1=NN2C(=c3ccccc3=N[C@H]2c2c(C)nn(-c3ccccc3)c2Cl)C(=O)N1. The smallest absolute Gasteiger partial charge is 0.276 e. The van der Waals surface area contributed by atoms with Crippen LogP contribution < -0.4 is 15.9 Å². The number of hydrazone groups is 1. The topological polar surface area (TPSA) is 74.9 Å². The Kier molecular flexibility index (Phi) is 5.48. The van der Waals surface area contributed by atoms with E-state index in [4.69, 9.17) is 21.7 Å². The number of carbonyl (C=O) groups is 1. The van der Waals surface area contributed by atoms with Gasteiger partial charge in [0.2, 0.25) is 0 Å². The number of benzene rings is 2. The molecule has 0 spiro atoms. The van der Waals surface area contributed by atoms with Crippen molar-refractivity contribution in [3.05, 3.63) is 81.6 Å². The van der Waals surface area contributed by atoms with Crippen molar-refractivity contribution in [2.45, 2.75) is 26.4 Å². The lowest BCUT2D eigenvalue weighted by Gasteiger charge is -2.33. The number of rotatable bonds is 4. The maximum atomic E-state index is 13.2. The first-order valence-corrected chi connectivity index (χ1v) is 11.7. The highest BCUT2D eigenvalue weighted by molar-refractivity contribution is 8.13. The monoisotopic (exact) mass is 464 g/mol. The Hall–Kier alpha value is -3.10. The molecule has 5 rings (SSSR count). The summed E-state index contributed by atoms with van der Waals surface area (Å²) in [6, 6.07) is 17.3. The van der Waals surface area contributed by atoms with Crippen LogP contribution in [0.3, 0.4) is 0 Å². The Morgan fingerprint density at radius 3 is 2.66 bits per heavy atom. The lowest BCUT2D eigenvalue weighted by molar-refractivity contribution is -0.116. The average molecular weight is 465 g/mol. The van der Waals surface area contributed by atoms with E-state index < -0.39 is 6.17 Å². The average Bonchev–Trinajstić information content (AvgIpc) is 3.11. The number of hydrogen-bond donors (Lipinski definition) is 1. The zero-order valence-corrected chi connectivity index (χ0v) is 19.2. The maximum Gasteiger partial charge on any atom is 0.276 e. The third-order valence-electron chi connectivity index (χ3n) is 5.27. The van der Waals surface area contributed by atoms with Crippen molar-refractivity contribution in [1.82, 2.24) is 20.1 Å². The Bertz CT molecular complexity index is 1350. The summed E-state index contributed by atoms with van der Waals surface area (Å²) in [7, 11) is 0. The van der Waals surface area contributed by atoms with Crippen LogP contribution in [0.4, 0.5) is 0 Å². The largest absolute Gasteiger partial charge is 0.298 e. The Balaban J connectivity index is 1.70. The number of amides is 1. The number of carbonyl (C=O) groups excluding carboxylic acids is 1. The van der Waals surface area contributed by atoms with Gasteiger partial charge in [-0.3, -0.25) is 15.1 Å². The first-order valence-electron chi connectivity index (χ1n) is 10.4. The van der Waals surface area contributed by atoms with E-state index in [0.29, 0.717) is 16.0 Å². The summed E-state index contributed by atoms with van der Waals surface area (Å²) in [4.78, 5) is 18.1. The second-order valence-electron chi connectivity index (χ2n) is 7.46. The van der Waals surface area contributed by atoms with Gasteiger partial charge in [0.15, 0.2) is 11.3 Å². The molecule has 2 aliphatic rings. The predicted molar refractivity (Wildman–Crippen MR) is 127 cm³/mol. The van der Waals surface area contributed by atoms with Gasteiger partial charge < -0.3 is 0 Å². The zero-order valence-electron chi connectivity index (χ0n) is 17.6. The molecular weight excluding hydrogens is 444 g/mol. The van der Waals surface area contributed by atoms with E-state index in [1.807, 2.05) is 61.5 Å². The van der Waals surface area contributed by atoms with Crippen LogP contribution in [0.25, 0.3) is 11.4 Å². The molecule has 2 aliphatic heterocycles. The van der Waals surface area contributed by atoms with Gasteiger partial charge in [0.05, 0.1) is 22.3 Å². The third kappa shape index (κ3) is 3.49. The van der Waals surface area contributed by atoms with Gasteiger partial charge in [-0.25, -0.2) is 9.69 Å². The van der Waals surface area contributed by atoms with Crippen LogP contribution in [0.5, 0.6) is 0 Å². The number of halogens is 1. The molecule has 1 N–H and O–H groups in total. The molecule has 9 heteroatoms. The van der Waals surface area contributed by atoms with E-state index in [0.717, 1.165) is 39.7 Å². The van der Waals surface area contributed by atoms with Gasteiger partial charge in [0, 0.05) is 11.0 Å². The number of hydrogen-bond acceptors (Lipinski definition) is 6. The number of nitrogens with one attached hydrogen (secondary N) is 1. The summed E-state index contributed by atoms with van der Waals surface area (Å²) in [6.07, 6.45) is 0.370. The summed E-state index contributed by atoms with van der Waals surface area (Å²) in [5.41, 5.74) is 2.77. The molecule has 3 aromatic rings. The van der Waals surface area contributed by atoms with Crippen LogP contribution >= 0.6 is 23.4 Å². The van der Waals surface area contributed by atoms with Crippen molar-refractivity contribution in [2.24, 2.45) is 10.1 Å². The van der Waals surface area contributed by atoms with Gasteiger partial charge in [-0.1, -0.05) is 66.7 Å². The van der Waals surface area contributed by atoms with Crippen molar-refractivity contribution >= 4 is 40.1 Å². The third-order valence-corrected chi connectivity index (χ3v) is 6.70. The first kappa shape index (κ1) is 20.8. The summed E-state index contributed by atoms with van der Waals surface area (Å²) in [5, 5.41) is 16.5. The fourth-order valence-electron chi connectivity index (χ4n) is 3.82. The molecule has 0 saturated heterocycles. The molecule has 3 heterocycles. The van der Waals surface area contributed by atoms with Crippen LogP contribution in [0, 0.1) is 6.92 Å². The van der Waals surface area contributed by atoms with Crippen molar-refractivity contribution in [2.75, 3.05) is 5.75 Å². The lowest BCUT2D eigenvalue weighted by Crippen LogP contribution is -2.50. The normalized spacial score (nSPS) is 17.3. The molecule has 1 amide bonds. The van der Waals surface area contributed by atoms with E-state index in [1.165, 1.54) is 11.8 Å². The molecule has 0 fully saturated rings. The maximum absolute atomic E-state index is 13.2. The van der Waals surface area contributed by atoms with Gasteiger partial charge >= 0.3 is 0 Å². The second kappa shape index (κ2) is 8.44. The molecule has 0 saturated carbocycles. The molecule has 0 radical (unpaired) electrons. The van der Waals surface area contributed by atoms with Crippen molar-refractivity contribution < 1.29 is 4.79 Å². The van der Waals surface area contributed by atoms with Crippen LogP contribution in [-0.2, 0) is 4.79 Å². The minimum atomic E-state index is -0.604. The molecule has 162 valence electrons. The second-order valence-corrected chi connectivity index (χ2v) is 8.90. The van der Waals surface area contributed by atoms with Crippen molar-refractivity contribution in [1.29, 1.82) is 0 Å². The zero-order chi connectivity index (χ0) is 22.2. The van der Waals surface area contributed by atoms with E-state index in [-0.39, 0.29) is 5.91 Å². The van der Waals surface area contributed by atoms with E-state index in [1.54, 1.807) is 9.69 Å². The van der Waals surface area contributed by atoms with E-state index in [2.05, 4.69) is 17.3 Å². The first-order chi connectivity index (χ1) is 15.6. The minimum absolute atomic E-state index is 0.199. The quantitative estimate of drug-likeness (QED) is 0.643. The molecule has 0 aliphatic carbocycles. The number of nitrogens with zero attached hydrogens (tertiary/aromatic N) is 5. The predicted octanol–water partition coefficient (Wildman–Crippen LogP) is 3.12. The molecular formula is C23H21ClN6OS. The van der Waals surface area contributed by atoms with Crippen LogP contribution in [0.2, 0.25) is 5.15 Å². The highest BCUT2D eigenvalue weighted by atomic mass is 35.5. The van der Waals surface area contributed by atoms with Gasteiger partial charge in [0.1, 0.15) is 10.9 Å². The molecule has 1 aromatic heterocycles. The van der Waals surface area contributed by atoms with Gasteiger partial charge in [-0.2, -0.15) is 5.10 Å². The summed E-state index contributed by atoms with van der Waals surface area (Å²) < 4.78 is 1.70. The molecule has 32 heavy (non-hydrogen) atoms. The molecule has 7 nitrogen and oxygen atoms in total. The Labute approximate surface area is 194 Å². The minimum Gasteiger partial charge on any atom is -0.298 e. The molecule has 0 bridgehead atoms. The van der Waals surface area contributed by atoms with Gasteiger partial charge in [-0.05, 0) is 31.5 Å². The molecule has 1 atom stereocenters. The standard InChI is InChI=1S/C23H21ClN6OS/c1-3-13-32-23-26-22(31)19-16-11-7-8-12-17(16)25-21(30(19)28-23)18-14(2)27-29(20(18)24)15-9-5-4-6-10-15/h4-12,21H,3,13H2,1-2H3,(H,26,28,31)/t21-/m1/s1. The van der Waals surface area contributed by atoms with Crippen molar-refractivity contribution in [3.8, 4) is 5.69 Å². The fourth-order valence-corrected chi connectivity index (χ4v) is 4.90. The van der Waals surface area contributed by atoms with E-state index >= 15 is 0 Å². The molecule has 2 aromatic carbocycles. The van der Waals surface area contributed by atoms with E-state index in [9.17, 15) is 4.79 Å². The fraction of sp³-hybridized carbons (Fsp3) is 0.217. The Morgan fingerprint density at radius 2 is 1.88 bits per heavy atom. The number of thioether (sulfide) groups is 1. The lowest BCUT2D eigenvalue weighted by atomic mass is 10.1. The number of aryl methyl sites for hydroxylation is 1. The summed E-state index contributed by atoms with van der Waals surface area (Å²) >= 11 is 8.38. The summed E-state index contributed by atoms with van der Waals surface area (Å²) in [5.74, 6) is 0.655. The van der Waals surface area contributed by atoms with Crippen molar-refractivity contribution in [3.63, 3.8) is 0 Å². The Morgan fingerprint density at radius 1 is 1.12 bits per heavy atom. The summed E-state index contributed by atoms with van der Waals surface area (Å²) in [6.45, 7) is 3.99. The highest BCUT2D eigenvalue weighted by Gasteiger charge is 2.37. The van der Waals surface area contributed by atoms with Crippen LogP contribution in [-0.4, -0.2) is 31.6 Å².